The summed E-state index contributed by atoms with van der Waals surface area (Å²) in [6, 6.07) is 0. The van der Waals surface area contributed by atoms with Crippen molar-refractivity contribution in [3.8, 4) is 0 Å². The standard InChI is InChI=1S/C12H20/c1-10-6-5-9-12(10)11-7-3-2-4-8-11/h6,11-12H,2-5,7-9H2,1H3. The SMILES string of the molecule is CC1=CCCC1C1CCCCC1. The van der Waals surface area contributed by atoms with Crippen molar-refractivity contribution in [2.24, 2.45) is 11.8 Å². The first-order chi connectivity index (χ1) is 5.88. The normalized spacial score (nSPS) is 32.1. The first kappa shape index (κ1) is 8.34. The van der Waals surface area contributed by atoms with Gasteiger partial charge in [0.05, 0.1) is 0 Å². The van der Waals surface area contributed by atoms with Crippen molar-refractivity contribution in [1.29, 1.82) is 0 Å². The topological polar surface area (TPSA) is 0 Å². The average Bonchev–Trinajstić information content (AvgIpc) is 2.53. The summed E-state index contributed by atoms with van der Waals surface area (Å²) in [5.74, 6) is 2.03. The summed E-state index contributed by atoms with van der Waals surface area (Å²) < 4.78 is 0. The second kappa shape index (κ2) is 3.64. The largest absolute Gasteiger partial charge is 0.0853 e. The molecule has 0 N–H and O–H groups in total. The van der Waals surface area contributed by atoms with E-state index in [0.29, 0.717) is 0 Å². The van der Waals surface area contributed by atoms with Crippen LogP contribution in [0, 0.1) is 11.8 Å². The molecule has 0 spiro atoms. The Morgan fingerprint density at radius 2 is 1.83 bits per heavy atom. The van der Waals surface area contributed by atoms with Crippen LogP contribution in [0.3, 0.4) is 0 Å². The molecule has 0 saturated heterocycles. The van der Waals surface area contributed by atoms with Gasteiger partial charge in [0.15, 0.2) is 0 Å². The zero-order valence-corrected chi connectivity index (χ0v) is 8.18. The highest BCUT2D eigenvalue weighted by molar-refractivity contribution is 5.11. The van der Waals surface area contributed by atoms with Gasteiger partial charge in [-0.1, -0.05) is 30.9 Å². The summed E-state index contributed by atoms with van der Waals surface area (Å²) in [4.78, 5) is 0. The van der Waals surface area contributed by atoms with E-state index >= 15 is 0 Å². The van der Waals surface area contributed by atoms with Crippen LogP contribution >= 0.6 is 0 Å². The van der Waals surface area contributed by atoms with Gasteiger partial charge < -0.3 is 0 Å². The van der Waals surface area contributed by atoms with E-state index in [4.69, 9.17) is 0 Å². The molecule has 0 amide bonds. The van der Waals surface area contributed by atoms with E-state index in [-0.39, 0.29) is 0 Å². The van der Waals surface area contributed by atoms with Gasteiger partial charge in [0.2, 0.25) is 0 Å². The maximum absolute atomic E-state index is 2.46. The molecular formula is C12H20. The van der Waals surface area contributed by atoms with Crippen molar-refractivity contribution in [3.63, 3.8) is 0 Å². The molecule has 0 heterocycles. The summed E-state index contributed by atoms with van der Waals surface area (Å²) in [6.07, 6.45) is 12.8. The lowest BCUT2D eigenvalue weighted by Gasteiger charge is -2.28. The monoisotopic (exact) mass is 164 g/mol. The lowest BCUT2D eigenvalue weighted by atomic mass is 9.77. The van der Waals surface area contributed by atoms with E-state index in [1.165, 1.54) is 44.9 Å². The van der Waals surface area contributed by atoms with Crippen molar-refractivity contribution in [2.75, 3.05) is 0 Å². The molecule has 1 saturated carbocycles. The van der Waals surface area contributed by atoms with Gasteiger partial charge in [0.1, 0.15) is 0 Å². The van der Waals surface area contributed by atoms with Crippen molar-refractivity contribution in [1.82, 2.24) is 0 Å². The minimum Gasteiger partial charge on any atom is -0.0853 e. The predicted molar refractivity (Wildman–Crippen MR) is 53.1 cm³/mol. The Kier molecular flexibility index (Phi) is 2.53. The van der Waals surface area contributed by atoms with Crippen LogP contribution in [0.15, 0.2) is 11.6 Å². The Labute approximate surface area is 76.1 Å². The minimum absolute atomic E-state index is 0.977. The lowest BCUT2D eigenvalue weighted by Crippen LogP contribution is -2.16. The smallest absolute Gasteiger partial charge is 0.0175 e. The van der Waals surface area contributed by atoms with Crippen molar-refractivity contribution in [3.05, 3.63) is 11.6 Å². The molecule has 12 heavy (non-hydrogen) atoms. The molecule has 68 valence electrons. The van der Waals surface area contributed by atoms with Crippen LogP contribution < -0.4 is 0 Å². The Morgan fingerprint density at radius 1 is 1.08 bits per heavy atom. The summed E-state index contributed by atoms with van der Waals surface area (Å²) in [5.41, 5.74) is 1.70. The number of allylic oxidation sites excluding steroid dienone is 2. The number of hydrogen-bond acceptors (Lipinski definition) is 0. The average molecular weight is 164 g/mol. The van der Waals surface area contributed by atoms with Crippen LogP contribution in [0.4, 0.5) is 0 Å². The third-order valence-electron chi connectivity index (χ3n) is 3.75. The summed E-state index contributed by atoms with van der Waals surface area (Å²) in [6.45, 7) is 2.34. The van der Waals surface area contributed by atoms with Crippen LogP contribution in [-0.4, -0.2) is 0 Å². The highest BCUT2D eigenvalue weighted by atomic mass is 14.3. The third kappa shape index (κ3) is 1.57. The Morgan fingerprint density at radius 3 is 2.42 bits per heavy atom. The molecule has 2 aliphatic rings. The molecule has 0 heteroatoms. The van der Waals surface area contributed by atoms with E-state index in [0.717, 1.165) is 11.8 Å². The van der Waals surface area contributed by atoms with Crippen LogP contribution in [0.25, 0.3) is 0 Å². The molecule has 0 bridgehead atoms. The summed E-state index contributed by atoms with van der Waals surface area (Å²) in [7, 11) is 0. The molecule has 0 nitrogen and oxygen atoms in total. The zero-order valence-electron chi connectivity index (χ0n) is 8.18. The molecule has 1 atom stereocenters. The lowest BCUT2D eigenvalue weighted by molar-refractivity contribution is 0.275. The minimum atomic E-state index is 0.977. The quantitative estimate of drug-likeness (QED) is 0.515. The second-order valence-electron chi connectivity index (χ2n) is 4.53. The van der Waals surface area contributed by atoms with Gasteiger partial charge in [-0.25, -0.2) is 0 Å². The molecule has 0 aliphatic heterocycles. The van der Waals surface area contributed by atoms with Gasteiger partial charge >= 0.3 is 0 Å². The van der Waals surface area contributed by atoms with E-state index in [1.54, 1.807) is 5.57 Å². The predicted octanol–water partition coefficient (Wildman–Crippen LogP) is 3.92. The third-order valence-corrected chi connectivity index (χ3v) is 3.75. The Hall–Kier alpha value is -0.260. The molecule has 1 fully saturated rings. The Balaban J connectivity index is 1.94. The fourth-order valence-electron chi connectivity index (χ4n) is 3.01. The maximum atomic E-state index is 2.46. The fourth-order valence-corrected chi connectivity index (χ4v) is 3.01. The molecule has 0 radical (unpaired) electrons. The van der Waals surface area contributed by atoms with Gasteiger partial charge in [-0.2, -0.15) is 0 Å². The molecular weight excluding hydrogens is 144 g/mol. The molecule has 2 rings (SSSR count). The van der Waals surface area contributed by atoms with E-state index in [1.807, 2.05) is 0 Å². The van der Waals surface area contributed by atoms with Crippen LogP contribution in [0.1, 0.15) is 51.9 Å². The van der Waals surface area contributed by atoms with Gasteiger partial charge in [0.25, 0.3) is 0 Å². The zero-order chi connectivity index (χ0) is 8.39. The molecule has 2 aliphatic carbocycles. The van der Waals surface area contributed by atoms with Crippen molar-refractivity contribution >= 4 is 0 Å². The van der Waals surface area contributed by atoms with Crippen LogP contribution in [-0.2, 0) is 0 Å². The molecule has 0 aromatic heterocycles. The molecule has 0 aromatic carbocycles. The van der Waals surface area contributed by atoms with Gasteiger partial charge in [0, 0.05) is 0 Å². The van der Waals surface area contributed by atoms with Gasteiger partial charge in [-0.3, -0.25) is 0 Å². The van der Waals surface area contributed by atoms with Crippen molar-refractivity contribution < 1.29 is 0 Å². The highest BCUT2D eigenvalue weighted by Crippen LogP contribution is 2.39. The molecule has 0 aromatic rings. The van der Waals surface area contributed by atoms with E-state index < -0.39 is 0 Å². The Bertz CT molecular complexity index is 172. The first-order valence-corrected chi connectivity index (χ1v) is 5.54. The van der Waals surface area contributed by atoms with Crippen molar-refractivity contribution in [2.45, 2.75) is 51.9 Å². The van der Waals surface area contributed by atoms with Gasteiger partial charge in [-0.05, 0) is 44.4 Å². The maximum Gasteiger partial charge on any atom is -0.0175 e. The van der Waals surface area contributed by atoms with E-state index in [9.17, 15) is 0 Å². The van der Waals surface area contributed by atoms with Crippen LogP contribution in [0.2, 0.25) is 0 Å². The highest BCUT2D eigenvalue weighted by Gasteiger charge is 2.26. The fraction of sp³-hybridized carbons (Fsp3) is 0.833. The summed E-state index contributed by atoms with van der Waals surface area (Å²) in [5, 5.41) is 0. The number of hydrogen-bond donors (Lipinski definition) is 0. The summed E-state index contributed by atoms with van der Waals surface area (Å²) >= 11 is 0. The number of rotatable bonds is 1. The van der Waals surface area contributed by atoms with Gasteiger partial charge in [-0.15, -0.1) is 0 Å². The first-order valence-electron chi connectivity index (χ1n) is 5.54. The van der Waals surface area contributed by atoms with E-state index in [2.05, 4.69) is 13.0 Å². The second-order valence-corrected chi connectivity index (χ2v) is 4.53. The molecule has 1 unspecified atom stereocenters. The van der Waals surface area contributed by atoms with Crippen LogP contribution in [0.5, 0.6) is 0 Å².